The summed E-state index contributed by atoms with van der Waals surface area (Å²) in [7, 11) is -3.53. The van der Waals surface area contributed by atoms with Crippen LogP contribution in [0.4, 0.5) is 5.69 Å². The Morgan fingerprint density at radius 2 is 1.57 bits per heavy atom. The molecule has 0 bridgehead atoms. The first-order chi connectivity index (χ1) is 11.2. The highest BCUT2D eigenvalue weighted by atomic mass is 32.2. The van der Waals surface area contributed by atoms with Crippen LogP contribution in [0.15, 0.2) is 71.6 Å². The largest absolute Gasteiger partial charge is 0.266 e. The average molecular weight is 323 g/mol. The van der Waals surface area contributed by atoms with Gasteiger partial charge in [0, 0.05) is 6.54 Å². The van der Waals surface area contributed by atoms with Gasteiger partial charge in [0.1, 0.15) is 0 Å². The predicted octanol–water partition coefficient (Wildman–Crippen LogP) is 3.98. The molecule has 1 aliphatic rings. The summed E-state index contributed by atoms with van der Waals surface area (Å²) in [6.07, 6.45) is 1.78. The zero-order valence-electron chi connectivity index (χ0n) is 12.6. The van der Waals surface area contributed by atoms with Gasteiger partial charge in [-0.3, -0.25) is 4.31 Å². The molecular weight excluding hydrogens is 306 g/mol. The lowest BCUT2D eigenvalue weighted by molar-refractivity contribution is 0.586. The highest BCUT2D eigenvalue weighted by Crippen LogP contribution is 2.32. The second-order valence-electron chi connectivity index (χ2n) is 5.82. The maximum absolute atomic E-state index is 13.1. The molecule has 0 aliphatic carbocycles. The van der Waals surface area contributed by atoms with E-state index in [2.05, 4.69) is 0 Å². The Kier molecular flexibility index (Phi) is 3.34. The Hall–Kier alpha value is -2.33. The molecule has 0 spiro atoms. The molecule has 116 valence electrons. The van der Waals surface area contributed by atoms with Gasteiger partial charge in [0.2, 0.25) is 0 Å². The van der Waals surface area contributed by atoms with Gasteiger partial charge in [0.25, 0.3) is 10.0 Å². The molecule has 4 heteroatoms. The van der Waals surface area contributed by atoms with E-state index in [1.165, 1.54) is 0 Å². The number of benzene rings is 3. The molecule has 0 saturated carbocycles. The van der Waals surface area contributed by atoms with Crippen molar-refractivity contribution in [1.82, 2.24) is 0 Å². The number of anilines is 1. The minimum atomic E-state index is -3.53. The first-order valence-corrected chi connectivity index (χ1v) is 9.20. The third-order valence-electron chi connectivity index (χ3n) is 4.38. The maximum atomic E-state index is 13.1. The summed E-state index contributed by atoms with van der Waals surface area (Å²) in [6.45, 7) is 0.534. The molecule has 4 rings (SSSR count). The molecular formula is C19H17NO2S. The van der Waals surface area contributed by atoms with Crippen LogP contribution in [0.25, 0.3) is 10.8 Å². The molecule has 0 saturated heterocycles. The standard InChI is InChI=1S/C19H17NO2S/c21-23(22,18-12-11-15-6-1-2-8-17(15)14-18)20-13-5-9-16-7-3-4-10-19(16)20/h1-4,6-8,10-12,14H,5,9,13H2. The average Bonchev–Trinajstić information content (AvgIpc) is 2.60. The van der Waals surface area contributed by atoms with Crippen LogP contribution >= 0.6 is 0 Å². The molecule has 3 aromatic rings. The lowest BCUT2D eigenvalue weighted by Crippen LogP contribution is -2.35. The zero-order valence-corrected chi connectivity index (χ0v) is 13.5. The predicted molar refractivity (Wildman–Crippen MR) is 93.2 cm³/mol. The minimum Gasteiger partial charge on any atom is -0.266 e. The third kappa shape index (κ3) is 2.39. The Labute approximate surface area is 136 Å². The van der Waals surface area contributed by atoms with Crippen molar-refractivity contribution in [2.24, 2.45) is 0 Å². The molecule has 1 heterocycles. The van der Waals surface area contributed by atoms with Crippen molar-refractivity contribution in [3.63, 3.8) is 0 Å². The van der Waals surface area contributed by atoms with Crippen LogP contribution in [0.5, 0.6) is 0 Å². The van der Waals surface area contributed by atoms with E-state index in [1.54, 1.807) is 16.4 Å². The zero-order chi connectivity index (χ0) is 15.9. The van der Waals surface area contributed by atoms with E-state index < -0.39 is 10.0 Å². The van der Waals surface area contributed by atoms with Crippen LogP contribution in [0.1, 0.15) is 12.0 Å². The summed E-state index contributed by atoms with van der Waals surface area (Å²) in [4.78, 5) is 0.355. The highest BCUT2D eigenvalue weighted by Gasteiger charge is 2.28. The molecule has 3 aromatic carbocycles. The summed E-state index contributed by atoms with van der Waals surface area (Å²) >= 11 is 0. The summed E-state index contributed by atoms with van der Waals surface area (Å²) in [5, 5.41) is 1.99. The van der Waals surface area contributed by atoms with E-state index in [4.69, 9.17) is 0 Å². The van der Waals surface area contributed by atoms with Crippen LogP contribution in [-0.2, 0) is 16.4 Å². The normalized spacial score (nSPS) is 14.7. The summed E-state index contributed by atoms with van der Waals surface area (Å²) in [5.41, 5.74) is 1.91. The molecule has 0 fully saturated rings. The summed E-state index contributed by atoms with van der Waals surface area (Å²) < 4.78 is 27.8. The second-order valence-corrected chi connectivity index (χ2v) is 7.68. The first kappa shape index (κ1) is 14.3. The smallest absolute Gasteiger partial charge is 0.264 e. The number of aryl methyl sites for hydroxylation is 1. The van der Waals surface area contributed by atoms with Crippen molar-refractivity contribution < 1.29 is 8.42 Å². The molecule has 0 amide bonds. The molecule has 0 radical (unpaired) electrons. The SMILES string of the molecule is O=S(=O)(c1ccc2ccccc2c1)N1CCCc2ccccc21. The van der Waals surface area contributed by atoms with E-state index in [0.29, 0.717) is 11.4 Å². The van der Waals surface area contributed by atoms with Crippen molar-refractivity contribution in [3.05, 3.63) is 72.3 Å². The maximum Gasteiger partial charge on any atom is 0.264 e. The fourth-order valence-corrected chi connectivity index (χ4v) is 4.78. The number of para-hydroxylation sites is 1. The van der Waals surface area contributed by atoms with Gasteiger partial charge < -0.3 is 0 Å². The summed E-state index contributed by atoms with van der Waals surface area (Å²) in [5.74, 6) is 0. The van der Waals surface area contributed by atoms with E-state index in [1.807, 2.05) is 54.6 Å². The number of hydrogen-bond donors (Lipinski definition) is 0. The third-order valence-corrected chi connectivity index (χ3v) is 6.19. The number of sulfonamides is 1. The van der Waals surface area contributed by atoms with Crippen LogP contribution in [0.3, 0.4) is 0 Å². The Morgan fingerprint density at radius 3 is 2.43 bits per heavy atom. The Bertz CT molecular complexity index is 979. The number of rotatable bonds is 2. The van der Waals surface area contributed by atoms with Crippen LogP contribution in [-0.4, -0.2) is 15.0 Å². The van der Waals surface area contributed by atoms with Gasteiger partial charge in [-0.25, -0.2) is 8.42 Å². The van der Waals surface area contributed by atoms with Gasteiger partial charge in [-0.1, -0.05) is 48.5 Å². The molecule has 23 heavy (non-hydrogen) atoms. The van der Waals surface area contributed by atoms with Gasteiger partial charge in [0.15, 0.2) is 0 Å². The molecule has 0 unspecified atom stereocenters. The van der Waals surface area contributed by atoms with Gasteiger partial charge in [0.05, 0.1) is 10.6 Å². The van der Waals surface area contributed by atoms with Crippen molar-refractivity contribution in [3.8, 4) is 0 Å². The lowest BCUT2D eigenvalue weighted by Gasteiger charge is -2.30. The van der Waals surface area contributed by atoms with Crippen molar-refractivity contribution >= 4 is 26.5 Å². The van der Waals surface area contributed by atoms with Crippen LogP contribution in [0, 0.1) is 0 Å². The van der Waals surface area contributed by atoms with Gasteiger partial charge in [-0.2, -0.15) is 0 Å². The van der Waals surface area contributed by atoms with E-state index >= 15 is 0 Å². The van der Waals surface area contributed by atoms with Gasteiger partial charge >= 0.3 is 0 Å². The van der Waals surface area contributed by atoms with Crippen molar-refractivity contribution in [2.75, 3.05) is 10.8 Å². The lowest BCUT2D eigenvalue weighted by atomic mass is 10.0. The molecule has 0 N–H and O–H groups in total. The second kappa shape index (κ2) is 5.39. The van der Waals surface area contributed by atoms with Crippen molar-refractivity contribution in [1.29, 1.82) is 0 Å². The fourth-order valence-electron chi connectivity index (χ4n) is 3.20. The molecule has 1 aliphatic heterocycles. The van der Waals surface area contributed by atoms with Crippen LogP contribution in [0.2, 0.25) is 0 Å². The van der Waals surface area contributed by atoms with E-state index in [9.17, 15) is 8.42 Å². The van der Waals surface area contributed by atoms with Crippen LogP contribution < -0.4 is 4.31 Å². The minimum absolute atomic E-state index is 0.355. The fraction of sp³-hybridized carbons (Fsp3) is 0.158. The monoisotopic (exact) mass is 323 g/mol. The molecule has 0 aromatic heterocycles. The van der Waals surface area contributed by atoms with E-state index in [-0.39, 0.29) is 0 Å². The number of fused-ring (bicyclic) bond motifs is 2. The first-order valence-electron chi connectivity index (χ1n) is 7.76. The topological polar surface area (TPSA) is 37.4 Å². The van der Waals surface area contributed by atoms with Gasteiger partial charge in [-0.05, 0) is 47.4 Å². The van der Waals surface area contributed by atoms with E-state index in [0.717, 1.165) is 34.9 Å². The number of hydrogen-bond acceptors (Lipinski definition) is 2. The molecule has 0 atom stereocenters. The number of nitrogens with zero attached hydrogens (tertiary/aromatic N) is 1. The highest BCUT2D eigenvalue weighted by molar-refractivity contribution is 7.92. The summed E-state index contributed by atoms with van der Waals surface area (Å²) in [6, 6.07) is 20.9. The Morgan fingerprint density at radius 1 is 0.826 bits per heavy atom. The van der Waals surface area contributed by atoms with Crippen molar-refractivity contribution in [2.45, 2.75) is 17.7 Å². The Balaban J connectivity index is 1.84. The van der Waals surface area contributed by atoms with Gasteiger partial charge in [-0.15, -0.1) is 0 Å². The molecule has 3 nitrogen and oxygen atoms in total. The quantitative estimate of drug-likeness (QED) is 0.715.